The number of anilines is 1. The molecule has 39 heavy (non-hydrogen) atoms. The topological polar surface area (TPSA) is 84.9 Å². The molecule has 0 aliphatic carbocycles. The Kier molecular flexibility index (Phi) is 7.34. The highest BCUT2D eigenvalue weighted by atomic mass is 35.5. The Morgan fingerprint density at radius 1 is 0.897 bits per heavy atom. The lowest BCUT2D eigenvalue weighted by molar-refractivity contribution is -0.122. The number of hydrogen-bond donors (Lipinski definition) is 1. The average molecular weight is 541 g/mol. The number of aryl methyl sites for hydroxylation is 1. The van der Waals surface area contributed by atoms with Gasteiger partial charge in [0.1, 0.15) is 12.2 Å². The van der Waals surface area contributed by atoms with Gasteiger partial charge in [-0.2, -0.15) is 0 Å². The van der Waals surface area contributed by atoms with Gasteiger partial charge in [-0.25, -0.2) is 9.69 Å². The van der Waals surface area contributed by atoms with Gasteiger partial charge >= 0.3 is 6.03 Å². The number of halogens is 1. The number of benzene rings is 4. The van der Waals surface area contributed by atoms with Crippen LogP contribution < -0.4 is 19.7 Å². The Balaban J connectivity index is 1.41. The fraction of sp³-hybridized carbons (Fsp3) is 0.129. The number of fused-ring (bicyclic) bond motifs is 1. The van der Waals surface area contributed by atoms with E-state index in [1.54, 1.807) is 24.3 Å². The molecule has 0 atom stereocenters. The number of rotatable bonds is 7. The highest BCUT2D eigenvalue weighted by Gasteiger charge is 2.36. The number of carbonyl (C=O) groups is 3. The Morgan fingerprint density at radius 2 is 1.62 bits per heavy atom. The molecule has 8 heteroatoms. The summed E-state index contributed by atoms with van der Waals surface area (Å²) in [6.07, 6.45) is 2.19. The van der Waals surface area contributed by atoms with Gasteiger partial charge < -0.3 is 9.47 Å². The first-order valence-corrected chi connectivity index (χ1v) is 12.7. The first-order chi connectivity index (χ1) is 18.9. The first kappa shape index (κ1) is 26.0. The molecule has 1 heterocycles. The van der Waals surface area contributed by atoms with E-state index in [1.165, 1.54) is 13.2 Å². The number of nitrogens with zero attached hydrogens (tertiary/aromatic N) is 1. The summed E-state index contributed by atoms with van der Waals surface area (Å²) < 4.78 is 11.5. The third-order valence-electron chi connectivity index (χ3n) is 6.46. The van der Waals surface area contributed by atoms with Crippen molar-refractivity contribution in [2.45, 2.75) is 20.0 Å². The molecule has 4 amide bonds. The van der Waals surface area contributed by atoms with E-state index < -0.39 is 17.8 Å². The van der Waals surface area contributed by atoms with Crippen molar-refractivity contribution in [1.82, 2.24) is 5.32 Å². The molecule has 4 aromatic rings. The molecule has 1 aliphatic heterocycles. The third-order valence-corrected chi connectivity index (χ3v) is 6.75. The van der Waals surface area contributed by atoms with Crippen LogP contribution in [0.4, 0.5) is 10.5 Å². The highest BCUT2D eigenvalue weighted by molar-refractivity contribution is 6.39. The van der Waals surface area contributed by atoms with Gasteiger partial charge in [-0.15, -0.1) is 0 Å². The summed E-state index contributed by atoms with van der Waals surface area (Å²) in [7, 11) is 1.48. The minimum atomic E-state index is -0.806. The second kappa shape index (κ2) is 11.0. The number of ether oxygens (including phenoxy) is 2. The maximum absolute atomic E-state index is 13.3. The van der Waals surface area contributed by atoms with Crippen LogP contribution in [0.3, 0.4) is 0 Å². The molecule has 0 unspecified atom stereocenters. The van der Waals surface area contributed by atoms with E-state index in [1.807, 2.05) is 61.5 Å². The molecule has 1 fully saturated rings. The SMILES string of the molecule is CCc1ccc(N2C(=O)NC(=O)/C(=C/c3cc(Cl)c(OCc4ccc5ccccc5c4)c(OC)c3)C2=O)cc1. The van der Waals surface area contributed by atoms with Crippen molar-refractivity contribution < 1.29 is 23.9 Å². The standard InChI is InChI=1S/C31H25ClN2O5/c1-3-19-9-12-24(13-10-19)34-30(36)25(29(35)33-31(34)37)15-21-16-26(32)28(27(17-21)38-2)39-18-20-8-11-22-6-4-5-7-23(22)14-20/h4-17H,3,18H2,1-2H3,(H,33,35,37)/b25-15-. The average Bonchev–Trinajstić information content (AvgIpc) is 2.94. The van der Waals surface area contributed by atoms with Crippen molar-refractivity contribution in [3.63, 3.8) is 0 Å². The van der Waals surface area contributed by atoms with Crippen molar-refractivity contribution in [2.24, 2.45) is 0 Å². The molecule has 0 bridgehead atoms. The smallest absolute Gasteiger partial charge is 0.335 e. The molecule has 1 N–H and O–H groups in total. The van der Waals surface area contributed by atoms with Gasteiger partial charge in [0, 0.05) is 0 Å². The molecule has 1 aliphatic rings. The zero-order valence-corrected chi connectivity index (χ0v) is 22.1. The summed E-state index contributed by atoms with van der Waals surface area (Å²) >= 11 is 6.56. The lowest BCUT2D eigenvalue weighted by Crippen LogP contribution is -2.54. The maximum Gasteiger partial charge on any atom is 0.335 e. The van der Waals surface area contributed by atoms with Crippen molar-refractivity contribution in [1.29, 1.82) is 0 Å². The zero-order chi connectivity index (χ0) is 27.5. The Morgan fingerprint density at radius 3 is 2.33 bits per heavy atom. The molecule has 0 aromatic heterocycles. The van der Waals surface area contributed by atoms with Gasteiger partial charge in [-0.05, 0) is 70.3 Å². The van der Waals surface area contributed by atoms with Crippen LogP contribution in [0.2, 0.25) is 5.02 Å². The highest BCUT2D eigenvalue weighted by Crippen LogP contribution is 2.38. The zero-order valence-electron chi connectivity index (χ0n) is 21.4. The van der Waals surface area contributed by atoms with Gasteiger partial charge in [0.25, 0.3) is 11.8 Å². The molecular weight excluding hydrogens is 516 g/mol. The second-order valence-corrected chi connectivity index (χ2v) is 9.39. The molecule has 5 rings (SSSR count). The van der Waals surface area contributed by atoms with Gasteiger partial charge in [-0.3, -0.25) is 14.9 Å². The first-order valence-electron chi connectivity index (χ1n) is 12.4. The minimum Gasteiger partial charge on any atom is -0.493 e. The molecule has 4 aromatic carbocycles. The number of urea groups is 1. The number of amides is 4. The Bertz CT molecular complexity index is 1630. The van der Waals surface area contributed by atoms with Crippen LogP contribution in [-0.4, -0.2) is 25.0 Å². The largest absolute Gasteiger partial charge is 0.493 e. The maximum atomic E-state index is 13.3. The van der Waals surface area contributed by atoms with Crippen molar-refractivity contribution in [2.75, 3.05) is 12.0 Å². The quantitative estimate of drug-likeness (QED) is 0.219. The Hall–Kier alpha value is -4.62. The summed E-state index contributed by atoms with van der Waals surface area (Å²) in [6, 6.07) is 23.5. The molecule has 0 radical (unpaired) electrons. The summed E-state index contributed by atoms with van der Waals surface area (Å²) in [4.78, 5) is 39.3. The molecule has 7 nitrogen and oxygen atoms in total. The number of hydrogen-bond acceptors (Lipinski definition) is 5. The van der Waals surface area contributed by atoms with Gasteiger partial charge in [-0.1, -0.05) is 67.1 Å². The predicted molar refractivity (Wildman–Crippen MR) is 151 cm³/mol. The molecule has 0 saturated carbocycles. The van der Waals surface area contributed by atoms with Crippen LogP contribution in [0.15, 0.2) is 84.4 Å². The lowest BCUT2D eigenvalue weighted by Gasteiger charge is -2.26. The van der Waals surface area contributed by atoms with E-state index in [0.29, 0.717) is 22.7 Å². The second-order valence-electron chi connectivity index (χ2n) is 8.98. The van der Waals surface area contributed by atoms with Crippen LogP contribution >= 0.6 is 11.6 Å². The van der Waals surface area contributed by atoms with Gasteiger partial charge in [0.05, 0.1) is 17.8 Å². The van der Waals surface area contributed by atoms with Gasteiger partial charge in [0.15, 0.2) is 11.5 Å². The molecule has 0 spiro atoms. The molecule has 1 saturated heterocycles. The summed E-state index contributed by atoms with van der Waals surface area (Å²) in [5, 5.41) is 4.71. The summed E-state index contributed by atoms with van der Waals surface area (Å²) in [5.74, 6) is -0.860. The number of imide groups is 2. The number of carbonyl (C=O) groups excluding carboxylic acids is 3. The fourth-order valence-corrected chi connectivity index (χ4v) is 4.66. The lowest BCUT2D eigenvalue weighted by atomic mass is 10.1. The van der Waals surface area contributed by atoms with Crippen LogP contribution in [-0.2, 0) is 22.6 Å². The third kappa shape index (κ3) is 5.35. The van der Waals surface area contributed by atoms with Crippen molar-refractivity contribution in [3.05, 3.63) is 106 Å². The van der Waals surface area contributed by atoms with Crippen molar-refractivity contribution >= 4 is 52.0 Å². The number of nitrogens with one attached hydrogen (secondary N) is 1. The summed E-state index contributed by atoms with van der Waals surface area (Å²) in [6.45, 7) is 2.27. The van der Waals surface area contributed by atoms with Gasteiger partial charge in [0.2, 0.25) is 0 Å². The van der Waals surface area contributed by atoms with E-state index in [-0.39, 0.29) is 17.2 Å². The van der Waals surface area contributed by atoms with E-state index >= 15 is 0 Å². The van der Waals surface area contributed by atoms with Crippen molar-refractivity contribution in [3.8, 4) is 11.5 Å². The van der Waals surface area contributed by atoms with E-state index in [2.05, 4.69) is 5.32 Å². The Labute approximate surface area is 230 Å². The van der Waals surface area contributed by atoms with Crippen LogP contribution in [0.1, 0.15) is 23.6 Å². The fourth-order valence-electron chi connectivity index (χ4n) is 4.39. The number of methoxy groups -OCH3 is 1. The number of barbiturate groups is 1. The van der Waals surface area contributed by atoms with Crippen LogP contribution in [0, 0.1) is 0 Å². The predicted octanol–water partition coefficient (Wildman–Crippen LogP) is 6.31. The minimum absolute atomic E-state index is 0.211. The van der Waals surface area contributed by atoms with E-state index in [9.17, 15) is 14.4 Å². The molecule has 196 valence electrons. The van der Waals surface area contributed by atoms with E-state index in [0.717, 1.165) is 33.2 Å². The normalized spacial score (nSPS) is 14.6. The van der Waals surface area contributed by atoms with Crippen LogP contribution in [0.25, 0.3) is 16.8 Å². The van der Waals surface area contributed by atoms with E-state index in [4.69, 9.17) is 21.1 Å². The molecular formula is C31H25ClN2O5. The summed E-state index contributed by atoms with van der Waals surface area (Å²) in [5.41, 5.74) is 2.60. The monoisotopic (exact) mass is 540 g/mol. The van der Waals surface area contributed by atoms with Crippen LogP contribution in [0.5, 0.6) is 11.5 Å².